The summed E-state index contributed by atoms with van der Waals surface area (Å²) in [4.78, 5) is 46.8. The van der Waals surface area contributed by atoms with Gasteiger partial charge in [-0.05, 0) is 38.6 Å². The van der Waals surface area contributed by atoms with E-state index in [0.29, 0.717) is 19.3 Å². The van der Waals surface area contributed by atoms with E-state index in [1.807, 2.05) is 6.92 Å². The SMILES string of the molecule is CCC[C@H](NC(=O)[C@@H]1CC[C@@H]2CCCCNCC(=O)N21)C(=O)O.O=C(O)C(F)(F)F. The minimum atomic E-state index is -5.08. The summed E-state index contributed by atoms with van der Waals surface area (Å²) in [6.45, 7) is 2.95. The second kappa shape index (κ2) is 11.7. The summed E-state index contributed by atoms with van der Waals surface area (Å²) in [7, 11) is 0. The van der Waals surface area contributed by atoms with Crippen molar-refractivity contribution in [1.82, 2.24) is 15.5 Å². The molecule has 2 saturated heterocycles. The zero-order valence-electron chi connectivity index (χ0n) is 16.7. The smallest absolute Gasteiger partial charge is 0.480 e. The lowest BCUT2D eigenvalue weighted by molar-refractivity contribution is -0.192. The molecule has 2 rings (SSSR count). The number of aliphatic carboxylic acids is 2. The molecule has 0 saturated carbocycles. The largest absolute Gasteiger partial charge is 0.490 e. The molecular weight excluding hydrogens is 411 g/mol. The first-order chi connectivity index (χ1) is 14.0. The lowest BCUT2D eigenvalue weighted by Crippen LogP contribution is -2.53. The first kappa shape index (κ1) is 25.7. The lowest BCUT2D eigenvalue weighted by atomic mass is 10.1. The summed E-state index contributed by atoms with van der Waals surface area (Å²) in [6.07, 6.45) is 0.393. The van der Waals surface area contributed by atoms with Crippen LogP contribution in [-0.4, -0.2) is 76.3 Å². The Hall–Kier alpha value is -2.37. The zero-order chi connectivity index (χ0) is 22.9. The number of nitrogens with zero attached hydrogens (tertiary/aromatic N) is 1. The Bertz CT molecular complexity index is 629. The molecule has 2 heterocycles. The maximum atomic E-state index is 12.5. The minimum absolute atomic E-state index is 0.0584. The third kappa shape index (κ3) is 7.81. The molecule has 3 atom stereocenters. The fourth-order valence-corrected chi connectivity index (χ4v) is 3.53. The number of fused-ring (bicyclic) bond motifs is 1. The summed E-state index contributed by atoms with van der Waals surface area (Å²) in [5.41, 5.74) is 0. The van der Waals surface area contributed by atoms with E-state index in [1.165, 1.54) is 0 Å². The van der Waals surface area contributed by atoms with Crippen molar-refractivity contribution in [3.05, 3.63) is 0 Å². The fraction of sp³-hybridized carbons (Fsp3) is 0.778. The van der Waals surface area contributed by atoms with E-state index in [0.717, 1.165) is 32.2 Å². The van der Waals surface area contributed by atoms with Crippen LogP contribution >= 0.6 is 0 Å². The lowest BCUT2D eigenvalue weighted by Gasteiger charge is -2.30. The molecular formula is C18H28F3N3O6. The van der Waals surface area contributed by atoms with Gasteiger partial charge < -0.3 is 25.7 Å². The van der Waals surface area contributed by atoms with Gasteiger partial charge in [-0.25, -0.2) is 9.59 Å². The molecule has 0 unspecified atom stereocenters. The van der Waals surface area contributed by atoms with Crippen LogP contribution < -0.4 is 10.6 Å². The number of carboxylic acids is 2. The number of carbonyl (C=O) groups excluding carboxylic acids is 2. The van der Waals surface area contributed by atoms with E-state index < -0.39 is 30.2 Å². The minimum Gasteiger partial charge on any atom is -0.480 e. The Balaban J connectivity index is 0.000000553. The van der Waals surface area contributed by atoms with Gasteiger partial charge in [-0.1, -0.05) is 19.8 Å². The van der Waals surface area contributed by atoms with Crippen molar-refractivity contribution >= 4 is 23.8 Å². The van der Waals surface area contributed by atoms with Crippen molar-refractivity contribution < 1.29 is 42.6 Å². The van der Waals surface area contributed by atoms with Gasteiger partial charge in [0.25, 0.3) is 0 Å². The molecule has 0 aromatic heterocycles. The number of rotatable bonds is 5. The second-order valence-corrected chi connectivity index (χ2v) is 7.21. The quantitative estimate of drug-likeness (QED) is 0.504. The highest BCUT2D eigenvalue weighted by atomic mass is 19.4. The van der Waals surface area contributed by atoms with Gasteiger partial charge in [0.15, 0.2) is 0 Å². The summed E-state index contributed by atoms with van der Waals surface area (Å²) in [6, 6.07) is -1.31. The van der Waals surface area contributed by atoms with Gasteiger partial charge in [0, 0.05) is 6.04 Å². The molecule has 0 bridgehead atoms. The van der Waals surface area contributed by atoms with Gasteiger partial charge in [-0.2, -0.15) is 13.2 Å². The molecule has 2 amide bonds. The Morgan fingerprint density at radius 2 is 1.83 bits per heavy atom. The molecule has 0 radical (unpaired) electrons. The van der Waals surface area contributed by atoms with Crippen LogP contribution in [0.5, 0.6) is 0 Å². The molecule has 0 aliphatic carbocycles. The van der Waals surface area contributed by atoms with E-state index in [-0.39, 0.29) is 24.4 Å². The molecule has 9 nitrogen and oxygen atoms in total. The van der Waals surface area contributed by atoms with E-state index in [4.69, 9.17) is 9.90 Å². The van der Waals surface area contributed by atoms with Gasteiger partial charge in [-0.15, -0.1) is 0 Å². The van der Waals surface area contributed by atoms with Gasteiger partial charge in [0.2, 0.25) is 11.8 Å². The van der Waals surface area contributed by atoms with Gasteiger partial charge in [0.05, 0.1) is 6.54 Å². The van der Waals surface area contributed by atoms with Crippen LogP contribution in [0.4, 0.5) is 13.2 Å². The average molecular weight is 439 g/mol. The number of carboxylic acid groups (broad SMARTS) is 2. The molecule has 30 heavy (non-hydrogen) atoms. The van der Waals surface area contributed by atoms with Crippen molar-refractivity contribution in [3.63, 3.8) is 0 Å². The molecule has 172 valence electrons. The topological polar surface area (TPSA) is 136 Å². The predicted molar refractivity (Wildman–Crippen MR) is 98.5 cm³/mol. The normalized spacial score (nSPS) is 23.1. The van der Waals surface area contributed by atoms with Crippen LogP contribution in [0.15, 0.2) is 0 Å². The summed E-state index contributed by atoms with van der Waals surface area (Å²) in [5.74, 6) is -4.17. The van der Waals surface area contributed by atoms with Gasteiger partial charge >= 0.3 is 18.1 Å². The van der Waals surface area contributed by atoms with Crippen molar-refractivity contribution in [3.8, 4) is 0 Å². The summed E-state index contributed by atoms with van der Waals surface area (Å²) < 4.78 is 31.7. The van der Waals surface area contributed by atoms with Crippen LogP contribution in [0.25, 0.3) is 0 Å². The Morgan fingerprint density at radius 1 is 1.20 bits per heavy atom. The Morgan fingerprint density at radius 3 is 2.37 bits per heavy atom. The number of hydrogen-bond acceptors (Lipinski definition) is 5. The fourth-order valence-electron chi connectivity index (χ4n) is 3.53. The number of carbonyl (C=O) groups is 4. The molecule has 0 aromatic rings. The molecule has 2 aliphatic rings. The molecule has 4 N–H and O–H groups in total. The highest BCUT2D eigenvalue weighted by Crippen LogP contribution is 2.28. The molecule has 0 aromatic carbocycles. The van der Waals surface area contributed by atoms with E-state index in [2.05, 4.69) is 10.6 Å². The van der Waals surface area contributed by atoms with Gasteiger partial charge in [-0.3, -0.25) is 9.59 Å². The van der Waals surface area contributed by atoms with Crippen LogP contribution in [-0.2, 0) is 19.2 Å². The third-order valence-corrected chi connectivity index (χ3v) is 4.94. The third-order valence-electron chi connectivity index (χ3n) is 4.94. The number of hydrogen-bond donors (Lipinski definition) is 4. The number of nitrogens with one attached hydrogen (secondary N) is 2. The predicted octanol–water partition coefficient (Wildman–Crippen LogP) is 1.12. The summed E-state index contributed by atoms with van der Waals surface area (Å²) in [5, 5.41) is 22.0. The maximum Gasteiger partial charge on any atom is 0.490 e. The summed E-state index contributed by atoms with van der Waals surface area (Å²) >= 11 is 0. The van der Waals surface area contributed by atoms with Crippen LogP contribution in [0.2, 0.25) is 0 Å². The molecule has 12 heteroatoms. The van der Waals surface area contributed by atoms with E-state index >= 15 is 0 Å². The van der Waals surface area contributed by atoms with E-state index in [9.17, 15) is 32.7 Å². The monoisotopic (exact) mass is 439 g/mol. The zero-order valence-corrected chi connectivity index (χ0v) is 16.7. The first-order valence-electron chi connectivity index (χ1n) is 9.84. The number of amides is 2. The molecule has 2 fully saturated rings. The first-order valence-corrected chi connectivity index (χ1v) is 9.84. The molecule has 0 spiro atoms. The van der Waals surface area contributed by atoms with Gasteiger partial charge in [0.1, 0.15) is 12.1 Å². The van der Waals surface area contributed by atoms with Crippen LogP contribution in [0.3, 0.4) is 0 Å². The van der Waals surface area contributed by atoms with Crippen molar-refractivity contribution in [2.75, 3.05) is 13.1 Å². The Kier molecular flexibility index (Phi) is 10.0. The standard InChI is InChI=1S/C16H27N3O4.C2HF3O2/c1-2-5-12(16(22)23)18-15(21)13-8-7-11-6-3-4-9-17-10-14(20)19(11)13;3-2(4,5)1(6)7/h11-13,17H,2-10H2,1H3,(H,18,21)(H,22,23);(H,6,7)/t11-,12-,13-;/m0./s1. The molecule has 2 aliphatic heterocycles. The van der Waals surface area contributed by atoms with Crippen LogP contribution in [0, 0.1) is 0 Å². The second-order valence-electron chi connectivity index (χ2n) is 7.21. The average Bonchev–Trinajstić information content (AvgIpc) is 3.09. The van der Waals surface area contributed by atoms with Crippen molar-refractivity contribution in [2.45, 2.75) is 76.2 Å². The van der Waals surface area contributed by atoms with Crippen molar-refractivity contribution in [2.24, 2.45) is 0 Å². The van der Waals surface area contributed by atoms with E-state index in [1.54, 1.807) is 4.90 Å². The highest BCUT2D eigenvalue weighted by Gasteiger charge is 2.41. The number of halogens is 3. The maximum absolute atomic E-state index is 12.5. The van der Waals surface area contributed by atoms with Crippen molar-refractivity contribution in [1.29, 1.82) is 0 Å². The Labute approximate surface area is 172 Å². The van der Waals surface area contributed by atoms with Crippen LogP contribution in [0.1, 0.15) is 51.9 Å². The number of alkyl halides is 3. The highest BCUT2D eigenvalue weighted by molar-refractivity contribution is 5.91.